The molecule has 0 fully saturated rings. The van der Waals surface area contributed by atoms with Crippen molar-refractivity contribution in [2.75, 3.05) is 14.1 Å². The van der Waals surface area contributed by atoms with Gasteiger partial charge in [0, 0.05) is 20.5 Å². The van der Waals surface area contributed by atoms with Crippen molar-refractivity contribution in [1.29, 1.82) is 0 Å². The van der Waals surface area contributed by atoms with E-state index in [0.29, 0.717) is 12.3 Å². The molecule has 0 aliphatic heterocycles. The van der Waals surface area contributed by atoms with Gasteiger partial charge >= 0.3 is 0 Å². The van der Waals surface area contributed by atoms with Crippen LogP contribution in [0.15, 0.2) is 30.3 Å². The van der Waals surface area contributed by atoms with Crippen molar-refractivity contribution < 1.29 is 4.79 Å². The minimum Gasteiger partial charge on any atom is -0.349 e. The molecule has 1 aromatic carbocycles. The second-order valence-corrected chi connectivity index (χ2v) is 3.80. The fourth-order valence-electron chi connectivity index (χ4n) is 1.34. The highest BCUT2D eigenvalue weighted by molar-refractivity contribution is 5.76. The SMILES string of the molecule is CC.CC(CC(=O)N(C)C)c1ccccc1. The van der Waals surface area contributed by atoms with Gasteiger partial charge in [-0.05, 0) is 11.5 Å². The van der Waals surface area contributed by atoms with Gasteiger partial charge in [0.25, 0.3) is 0 Å². The third kappa shape index (κ3) is 4.96. The van der Waals surface area contributed by atoms with Crippen LogP contribution in [0.1, 0.15) is 38.7 Å². The maximum absolute atomic E-state index is 11.5. The number of nitrogens with zero attached hydrogens (tertiary/aromatic N) is 1. The predicted octanol–water partition coefficient (Wildman–Crippen LogP) is 3.29. The van der Waals surface area contributed by atoms with Gasteiger partial charge in [-0.25, -0.2) is 0 Å². The minimum atomic E-state index is 0.182. The first kappa shape index (κ1) is 14.7. The normalized spacial score (nSPS) is 11.1. The number of amides is 1. The van der Waals surface area contributed by atoms with Crippen molar-refractivity contribution in [3.05, 3.63) is 35.9 Å². The summed E-state index contributed by atoms with van der Waals surface area (Å²) in [5.74, 6) is 0.479. The molecule has 0 spiro atoms. The van der Waals surface area contributed by atoms with Crippen LogP contribution in [-0.2, 0) is 4.79 Å². The Labute approximate surface area is 99.3 Å². The molecule has 2 heteroatoms. The van der Waals surface area contributed by atoms with E-state index in [1.165, 1.54) is 5.56 Å². The van der Waals surface area contributed by atoms with E-state index in [4.69, 9.17) is 0 Å². The molecule has 1 amide bonds. The van der Waals surface area contributed by atoms with Crippen LogP contribution in [-0.4, -0.2) is 24.9 Å². The molecule has 16 heavy (non-hydrogen) atoms. The zero-order valence-corrected chi connectivity index (χ0v) is 11.0. The molecule has 2 nitrogen and oxygen atoms in total. The fraction of sp³-hybridized carbons (Fsp3) is 0.500. The van der Waals surface area contributed by atoms with Crippen molar-refractivity contribution in [3.8, 4) is 0 Å². The summed E-state index contributed by atoms with van der Waals surface area (Å²) in [4.78, 5) is 13.1. The van der Waals surface area contributed by atoms with Gasteiger partial charge in [0.1, 0.15) is 0 Å². The van der Waals surface area contributed by atoms with Gasteiger partial charge in [0.2, 0.25) is 5.91 Å². The van der Waals surface area contributed by atoms with E-state index < -0.39 is 0 Å². The molecular formula is C14H23NO. The second-order valence-electron chi connectivity index (χ2n) is 3.80. The van der Waals surface area contributed by atoms with Crippen molar-refractivity contribution in [1.82, 2.24) is 4.90 Å². The number of rotatable bonds is 3. The lowest BCUT2D eigenvalue weighted by Crippen LogP contribution is -2.22. The molecule has 1 aromatic rings. The minimum absolute atomic E-state index is 0.182. The standard InChI is InChI=1S/C12H17NO.C2H6/c1-10(9-12(14)13(2)3)11-7-5-4-6-8-11;1-2/h4-8,10H,9H2,1-3H3;1-2H3. The Balaban J connectivity index is 0.00000106. The quantitative estimate of drug-likeness (QED) is 0.767. The Kier molecular flexibility index (Phi) is 7.27. The molecule has 0 aliphatic carbocycles. The lowest BCUT2D eigenvalue weighted by Gasteiger charge is -2.15. The van der Waals surface area contributed by atoms with Gasteiger partial charge in [0.05, 0.1) is 0 Å². The van der Waals surface area contributed by atoms with Crippen LogP contribution in [0.3, 0.4) is 0 Å². The van der Waals surface area contributed by atoms with Crippen LogP contribution < -0.4 is 0 Å². The van der Waals surface area contributed by atoms with Crippen molar-refractivity contribution in [2.24, 2.45) is 0 Å². The molecule has 1 rings (SSSR count). The molecule has 1 atom stereocenters. The second kappa shape index (κ2) is 7.91. The van der Waals surface area contributed by atoms with Gasteiger partial charge in [-0.3, -0.25) is 4.79 Å². The van der Waals surface area contributed by atoms with Crippen LogP contribution in [0.4, 0.5) is 0 Å². The van der Waals surface area contributed by atoms with Gasteiger partial charge in [-0.15, -0.1) is 0 Å². The van der Waals surface area contributed by atoms with Crippen LogP contribution in [0.5, 0.6) is 0 Å². The number of hydrogen-bond donors (Lipinski definition) is 0. The van der Waals surface area contributed by atoms with Gasteiger partial charge in [0.15, 0.2) is 0 Å². The van der Waals surface area contributed by atoms with Crippen LogP contribution in [0.2, 0.25) is 0 Å². The monoisotopic (exact) mass is 221 g/mol. The summed E-state index contributed by atoms with van der Waals surface area (Å²) in [6, 6.07) is 10.1. The molecule has 0 aromatic heterocycles. The Morgan fingerprint density at radius 1 is 1.19 bits per heavy atom. The lowest BCUT2D eigenvalue weighted by atomic mass is 9.97. The fourth-order valence-corrected chi connectivity index (χ4v) is 1.34. The number of benzene rings is 1. The smallest absolute Gasteiger partial charge is 0.222 e. The summed E-state index contributed by atoms with van der Waals surface area (Å²) in [6.07, 6.45) is 0.580. The zero-order valence-electron chi connectivity index (χ0n) is 11.0. The molecule has 1 unspecified atom stereocenters. The molecular weight excluding hydrogens is 198 g/mol. The van der Waals surface area contributed by atoms with Crippen LogP contribution in [0.25, 0.3) is 0 Å². The van der Waals surface area contributed by atoms with E-state index in [2.05, 4.69) is 19.1 Å². The molecule has 0 saturated carbocycles. The molecule has 0 radical (unpaired) electrons. The first-order valence-electron chi connectivity index (χ1n) is 5.86. The summed E-state index contributed by atoms with van der Waals surface area (Å²) in [5, 5.41) is 0. The highest BCUT2D eigenvalue weighted by Crippen LogP contribution is 2.18. The van der Waals surface area contributed by atoms with Crippen molar-refractivity contribution in [2.45, 2.75) is 33.1 Å². The van der Waals surface area contributed by atoms with Crippen LogP contribution >= 0.6 is 0 Å². The molecule has 90 valence electrons. The highest BCUT2D eigenvalue weighted by Gasteiger charge is 2.11. The average Bonchev–Trinajstić information content (AvgIpc) is 2.32. The highest BCUT2D eigenvalue weighted by atomic mass is 16.2. The first-order valence-corrected chi connectivity index (χ1v) is 5.86. The Morgan fingerprint density at radius 2 is 1.69 bits per heavy atom. The summed E-state index contributed by atoms with van der Waals surface area (Å²) in [5.41, 5.74) is 1.22. The summed E-state index contributed by atoms with van der Waals surface area (Å²) < 4.78 is 0. The van der Waals surface area contributed by atoms with E-state index in [1.807, 2.05) is 32.0 Å². The maximum atomic E-state index is 11.5. The summed E-state index contributed by atoms with van der Waals surface area (Å²) in [6.45, 7) is 6.08. The van der Waals surface area contributed by atoms with E-state index in [-0.39, 0.29) is 5.91 Å². The predicted molar refractivity (Wildman–Crippen MR) is 69.5 cm³/mol. The molecule has 0 bridgehead atoms. The van der Waals surface area contributed by atoms with E-state index in [9.17, 15) is 4.79 Å². The Bertz CT molecular complexity index is 293. The largest absolute Gasteiger partial charge is 0.349 e. The van der Waals surface area contributed by atoms with Crippen molar-refractivity contribution in [3.63, 3.8) is 0 Å². The zero-order chi connectivity index (χ0) is 12.6. The van der Waals surface area contributed by atoms with E-state index in [0.717, 1.165) is 0 Å². The Morgan fingerprint density at radius 3 is 2.12 bits per heavy atom. The molecule has 0 saturated heterocycles. The van der Waals surface area contributed by atoms with Gasteiger partial charge < -0.3 is 4.90 Å². The summed E-state index contributed by atoms with van der Waals surface area (Å²) >= 11 is 0. The maximum Gasteiger partial charge on any atom is 0.222 e. The van der Waals surface area contributed by atoms with E-state index in [1.54, 1.807) is 19.0 Å². The first-order chi connectivity index (χ1) is 7.61. The number of hydrogen-bond acceptors (Lipinski definition) is 1. The molecule has 0 N–H and O–H groups in total. The number of carbonyl (C=O) groups excluding carboxylic acids is 1. The third-order valence-electron chi connectivity index (χ3n) is 2.35. The van der Waals surface area contributed by atoms with Crippen LogP contribution in [0, 0.1) is 0 Å². The Hall–Kier alpha value is -1.31. The lowest BCUT2D eigenvalue weighted by molar-refractivity contribution is -0.129. The van der Waals surface area contributed by atoms with Gasteiger partial charge in [-0.2, -0.15) is 0 Å². The number of carbonyl (C=O) groups is 1. The molecule has 0 heterocycles. The van der Waals surface area contributed by atoms with Gasteiger partial charge in [-0.1, -0.05) is 51.1 Å². The topological polar surface area (TPSA) is 20.3 Å². The van der Waals surface area contributed by atoms with E-state index >= 15 is 0 Å². The third-order valence-corrected chi connectivity index (χ3v) is 2.35. The summed E-state index contributed by atoms with van der Waals surface area (Å²) in [7, 11) is 3.58. The molecule has 0 aliphatic rings. The average molecular weight is 221 g/mol. The van der Waals surface area contributed by atoms with Crippen molar-refractivity contribution >= 4 is 5.91 Å².